The van der Waals surface area contributed by atoms with Gasteiger partial charge < -0.3 is 20.0 Å². The van der Waals surface area contributed by atoms with E-state index in [4.69, 9.17) is 14.7 Å². The molecular formula is C20H26N4O3. The van der Waals surface area contributed by atoms with Crippen molar-refractivity contribution in [3.63, 3.8) is 0 Å². The molecule has 1 atom stereocenters. The average Bonchev–Trinajstić information content (AvgIpc) is 3.14. The second-order valence-corrected chi connectivity index (χ2v) is 7.37. The molecule has 1 unspecified atom stereocenters. The first-order valence-corrected chi connectivity index (χ1v) is 9.15. The lowest BCUT2D eigenvalue weighted by Crippen LogP contribution is -2.41. The highest BCUT2D eigenvalue weighted by Gasteiger charge is 2.22. The van der Waals surface area contributed by atoms with E-state index in [-0.39, 0.29) is 11.9 Å². The fourth-order valence-corrected chi connectivity index (χ4v) is 3.34. The lowest BCUT2D eigenvalue weighted by atomic mass is 10.0. The standard InChI is InChI=1S/C20H26N4O3/c1-10(2)6-14(9-21)22-19(25)16-8-17(15-7-11(3)26-13(15)5)23-20-18(16)12(4)24-27-20/h7-8,10,14H,6,9,21H2,1-5H3,(H,22,25). The van der Waals surface area contributed by atoms with Gasteiger partial charge in [0.25, 0.3) is 11.6 Å². The molecule has 3 N–H and O–H groups in total. The normalized spacial score (nSPS) is 12.7. The summed E-state index contributed by atoms with van der Waals surface area (Å²) in [5, 5.41) is 7.64. The van der Waals surface area contributed by atoms with Crippen LogP contribution < -0.4 is 11.1 Å². The lowest BCUT2D eigenvalue weighted by Gasteiger charge is -2.19. The van der Waals surface area contributed by atoms with Gasteiger partial charge in [-0.15, -0.1) is 0 Å². The van der Waals surface area contributed by atoms with Crippen LogP contribution in [0.25, 0.3) is 22.4 Å². The summed E-state index contributed by atoms with van der Waals surface area (Å²) in [7, 11) is 0. The maximum atomic E-state index is 13.0. The van der Waals surface area contributed by atoms with Crippen molar-refractivity contribution in [2.75, 3.05) is 6.54 Å². The van der Waals surface area contributed by atoms with Crippen molar-refractivity contribution in [2.45, 2.75) is 47.1 Å². The van der Waals surface area contributed by atoms with E-state index in [0.717, 1.165) is 23.5 Å². The van der Waals surface area contributed by atoms with Crippen LogP contribution in [-0.4, -0.2) is 28.6 Å². The summed E-state index contributed by atoms with van der Waals surface area (Å²) in [6.07, 6.45) is 0.811. The first-order valence-electron chi connectivity index (χ1n) is 9.15. The van der Waals surface area contributed by atoms with Gasteiger partial charge in [0.2, 0.25) is 0 Å². The van der Waals surface area contributed by atoms with Crippen molar-refractivity contribution in [1.29, 1.82) is 0 Å². The lowest BCUT2D eigenvalue weighted by molar-refractivity contribution is 0.0935. The van der Waals surface area contributed by atoms with Crippen LogP contribution in [0, 0.1) is 26.7 Å². The van der Waals surface area contributed by atoms with Gasteiger partial charge in [-0.1, -0.05) is 19.0 Å². The predicted octanol–water partition coefficient (Wildman–Crippen LogP) is 3.51. The van der Waals surface area contributed by atoms with E-state index in [1.807, 2.05) is 19.9 Å². The van der Waals surface area contributed by atoms with Crippen molar-refractivity contribution in [1.82, 2.24) is 15.5 Å². The molecular weight excluding hydrogens is 344 g/mol. The molecule has 0 saturated heterocycles. The number of carbonyl (C=O) groups is 1. The molecule has 0 spiro atoms. The van der Waals surface area contributed by atoms with Crippen LogP contribution in [-0.2, 0) is 0 Å². The van der Waals surface area contributed by atoms with E-state index >= 15 is 0 Å². The van der Waals surface area contributed by atoms with Gasteiger partial charge >= 0.3 is 0 Å². The van der Waals surface area contributed by atoms with Crippen LogP contribution in [0.4, 0.5) is 0 Å². The maximum absolute atomic E-state index is 13.0. The van der Waals surface area contributed by atoms with Gasteiger partial charge in [0, 0.05) is 18.2 Å². The summed E-state index contributed by atoms with van der Waals surface area (Å²) >= 11 is 0. The minimum absolute atomic E-state index is 0.0952. The Bertz CT molecular complexity index is 971. The molecule has 0 aliphatic rings. The van der Waals surface area contributed by atoms with Crippen molar-refractivity contribution >= 4 is 17.0 Å². The Hall–Kier alpha value is -2.67. The molecule has 0 saturated carbocycles. The Morgan fingerprint density at radius 1 is 1.26 bits per heavy atom. The smallest absolute Gasteiger partial charge is 0.259 e. The first-order chi connectivity index (χ1) is 12.8. The molecule has 0 radical (unpaired) electrons. The van der Waals surface area contributed by atoms with E-state index in [1.165, 1.54) is 0 Å². The number of hydrogen-bond donors (Lipinski definition) is 2. The Kier molecular flexibility index (Phi) is 5.32. The first kappa shape index (κ1) is 19.1. The summed E-state index contributed by atoms with van der Waals surface area (Å²) < 4.78 is 11.0. The minimum Gasteiger partial charge on any atom is -0.466 e. The molecule has 0 bridgehead atoms. The van der Waals surface area contributed by atoms with E-state index in [0.29, 0.717) is 40.5 Å². The number of nitrogens with zero attached hydrogens (tertiary/aromatic N) is 2. The molecule has 3 heterocycles. The van der Waals surface area contributed by atoms with Crippen LogP contribution in [0.5, 0.6) is 0 Å². The number of nitrogens with one attached hydrogen (secondary N) is 1. The number of hydrogen-bond acceptors (Lipinski definition) is 6. The maximum Gasteiger partial charge on any atom is 0.259 e. The number of fused-ring (bicyclic) bond motifs is 1. The van der Waals surface area contributed by atoms with Gasteiger partial charge in [0.15, 0.2) is 0 Å². The van der Waals surface area contributed by atoms with Crippen molar-refractivity contribution in [2.24, 2.45) is 11.7 Å². The van der Waals surface area contributed by atoms with Gasteiger partial charge in [-0.3, -0.25) is 4.79 Å². The fraction of sp³-hybridized carbons (Fsp3) is 0.450. The van der Waals surface area contributed by atoms with Gasteiger partial charge in [-0.25, -0.2) is 4.98 Å². The summed E-state index contributed by atoms with van der Waals surface area (Å²) in [5.41, 5.74) is 8.73. The zero-order valence-electron chi connectivity index (χ0n) is 16.4. The number of carbonyl (C=O) groups excluding carboxylic acids is 1. The van der Waals surface area contributed by atoms with Crippen LogP contribution >= 0.6 is 0 Å². The fourth-order valence-electron chi connectivity index (χ4n) is 3.34. The largest absolute Gasteiger partial charge is 0.466 e. The molecule has 1 amide bonds. The highest BCUT2D eigenvalue weighted by atomic mass is 16.5. The molecule has 0 fully saturated rings. The van der Waals surface area contributed by atoms with E-state index in [1.54, 1.807) is 13.0 Å². The molecule has 144 valence electrons. The highest BCUT2D eigenvalue weighted by molar-refractivity contribution is 6.07. The Labute approximate surface area is 158 Å². The molecule has 3 rings (SSSR count). The number of nitrogens with two attached hydrogens (primary N) is 1. The number of aromatic nitrogens is 2. The summed E-state index contributed by atoms with van der Waals surface area (Å²) in [5.74, 6) is 1.75. The molecule has 0 aromatic carbocycles. The zero-order chi connectivity index (χ0) is 19.7. The van der Waals surface area contributed by atoms with Gasteiger partial charge in [-0.05, 0) is 45.2 Å². The predicted molar refractivity (Wildman–Crippen MR) is 103 cm³/mol. The van der Waals surface area contributed by atoms with E-state index < -0.39 is 0 Å². The van der Waals surface area contributed by atoms with Crippen LogP contribution in [0.2, 0.25) is 0 Å². The van der Waals surface area contributed by atoms with Crippen LogP contribution in [0.1, 0.15) is 47.8 Å². The number of aryl methyl sites for hydroxylation is 3. The summed E-state index contributed by atoms with van der Waals surface area (Å²) in [4.78, 5) is 17.6. The number of furan rings is 1. The second kappa shape index (κ2) is 7.52. The summed E-state index contributed by atoms with van der Waals surface area (Å²) in [6.45, 7) is 10.1. The molecule has 27 heavy (non-hydrogen) atoms. The number of rotatable bonds is 6. The van der Waals surface area contributed by atoms with Crippen molar-refractivity contribution in [3.05, 3.63) is 34.9 Å². The topological polar surface area (TPSA) is 107 Å². The monoisotopic (exact) mass is 370 g/mol. The van der Waals surface area contributed by atoms with Crippen LogP contribution in [0.3, 0.4) is 0 Å². The third kappa shape index (κ3) is 3.88. The Morgan fingerprint density at radius 2 is 2.00 bits per heavy atom. The molecule has 7 heteroatoms. The average molecular weight is 370 g/mol. The number of pyridine rings is 1. The molecule has 0 aliphatic carbocycles. The van der Waals surface area contributed by atoms with Gasteiger partial charge in [-0.2, -0.15) is 0 Å². The highest BCUT2D eigenvalue weighted by Crippen LogP contribution is 2.30. The zero-order valence-corrected chi connectivity index (χ0v) is 16.4. The number of amides is 1. The quantitative estimate of drug-likeness (QED) is 0.687. The Balaban J connectivity index is 2.06. The summed E-state index contributed by atoms with van der Waals surface area (Å²) in [6, 6.07) is 3.57. The van der Waals surface area contributed by atoms with Gasteiger partial charge in [0.05, 0.1) is 22.3 Å². The van der Waals surface area contributed by atoms with E-state index in [2.05, 4.69) is 29.3 Å². The molecule has 0 aliphatic heterocycles. The second-order valence-electron chi connectivity index (χ2n) is 7.37. The third-order valence-corrected chi connectivity index (χ3v) is 4.55. The van der Waals surface area contributed by atoms with E-state index in [9.17, 15) is 4.79 Å². The minimum atomic E-state index is -0.205. The van der Waals surface area contributed by atoms with Crippen molar-refractivity contribution in [3.8, 4) is 11.3 Å². The Morgan fingerprint density at radius 3 is 2.59 bits per heavy atom. The molecule has 3 aromatic rings. The molecule has 3 aromatic heterocycles. The third-order valence-electron chi connectivity index (χ3n) is 4.55. The van der Waals surface area contributed by atoms with Crippen molar-refractivity contribution < 1.29 is 13.7 Å². The van der Waals surface area contributed by atoms with Gasteiger partial charge in [0.1, 0.15) is 11.5 Å². The van der Waals surface area contributed by atoms with Crippen LogP contribution in [0.15, 0.2) is 21.1 Å². The SMILES string of the molecule is Cc1cc(-c2cc(C(=O)NC(CN)CC(C)C)c3c(C)noc3n2)c(C)o1. The molecule has 7 nitrogen and oxygen atoms in total.